The highest BCUT2D eigenvalue weighted by Crippen LogP contribution is 2.68. The van der Waals surface area contributed by atoms with E-state index < -0.39 is 6.17 Å². The van der Waals surface area contributed by atoms with Gasteiger partial charge in [-0.3, -0.25) is 9.59 Å². The van der Waals surface area contributed by atoms with Crippen molar-refractivity contribution in [2.75, 3.05) is 0 Å². The van der Waals surface area contributed by atoms with Gasteiger partial charge in [-0.2, -0.15) is 0 Å². The number of allylic oxidation sites excluding steroid dienone is 1. The van der Waals surface area contributed by atoms with Crippen molar-refractivity contribution < 1.29 is 19.8 Å². The van der Waals surface area contributed by atoms with Crippen molar-refractivity contribution in [1.29, 1.82) is 0 Å². The molecular formula is C35H56N2O4. The molecule has 0 aliphatic heterocycles. The molecule has 4 N–H and O–H groups in total. The predicted molar refractivity (Wildman–Crippen MR) is 163 cm³/mol. The Morgan fingerprint density at radius 2 is 1.85 bits per heavy atom. The van der Waals surface area contributed by atoms with Crippen LogP contribution in [0.4, 0.5) is 0 Å². The average molecular weight is 569 g/mol. The summed E-state index contributed by atoms with van der Waals surface area (Å²) in [6, 6.07) is 0. The molecule has 6 heteroatoms. The zero-order valence-electron chi connectivity index (χ0n) is 26.0. The monoisotopic (exact) mass is 568 g/mol. The average Bonchev–Trinajstić information content (AvgIpc) is 3.29. The lowest BCUT2D eigenvalue weighted by Crippen LogP contribution is -2.58. The molecule has 0 heterocycles. The molecular weight excluding hydrogens is 512 g/mol. The largest absolute Gasteiger partial charge is 0.393 e. The van der Waals surface area contributed by atoms with Crippen LogP contribution in [0.15, 0.2) is 12.2 Å². The van der Waals surface area contributed by atoms with E-state index in [4.69, 9.17) is 6.42 Å². The van der Waals surface area contributed by atoms with E-state index in [9.17, 15) is 19.8 Å². The van der Waals surface area contributed by atoms with Crippen LogP contribution in [-0.2, 0) is 9.59 Å². The molecule has 0 aromatic carbocycles. The number of carbonyl (C=O) groups is 2. The molecule has 4 saturated carbocycles. The Hall–Kier alpha value is -1.84. The standard InChI is InChI=1S/C35H56N2O4/c1-6-8-13-32(40)36-31(11-7-2)37-33(41)14-10-9-12-23(3)27-17-18-28-26-16-15-24-21-25(38)19-20-34(24,4)29(26)22-30(39)35(27,28)5/h2,10,14,23-31,38-39H,6,8-9,11-13,15-22H2,1,3-5H3,(H,36,40)(H,37,41)/t23-,24-,25-,26+,27-,28+,29+,30?,31?,34+,35-/m1/s1. The molecule has 4 aliphatic carbocycles. The second kappa shape index (κ2) is 13.6. The van der Waals surface area contributed by atoms with Crippen molar-refractivity contribution in [3.05, 3.63) is 12.2 Å². The topological polar surface area (TPSA) is 98.7 Å². The molecule has 0 aromatic heterocycles. The maximum atomic E-state index is 12.5. The van der Waals surface area contributed by atoms with E-state index in [0.29, 0.717) is 41.9 Å². The van der Waals surface area contributed by atoms with Gasteiger partial charge in [-0.15, -0.1) is 12.3 Å². The van der Waals surface area contributed by atoms with E-state index in [1.165, 1.54) is 25.7 Å². The van der Waals surface area contributed by atoms with E-state index in [0.717, 1.165) is 51.4 Å². The minimum Gasteiger partial charge on any atom is -0.393 e. The summed E-state index contributed by atoms with van der Waals surface area (Å²) < 4.78 is 0. The van der Waals surface area contributed by atoms with Gasteiger partial charge in [-0.25, -0.2) is 0 Å². The highest BCUT2D eigenvalue weighted by Gasteiger charge is 2.63. The van der Waals surface area contributed by atoms with Crippen LogP contribution in [0, 0.1) is 58.7 Å². The summed E-state index contributed by atoms with van der Waals surface area (Å²) in [6.45, 7) is 9.23. The zero-order chi connectivity index (χ0) is 29.8. The molecule has 4 fully saturated rings. The number of unbranched alkanes of at least 4 members (excludes halogenated alkanes) is 1. The molecule has 0 saturated heterocycles. The molecule has 6 nitrogen and oxygen atoms in total. The third-order valence-electron chi connectivity index (χ3n) is 12.3. The van der Waals surface area contributed by atoms with Gasteiger partial charge in [0.1, 0.15) is 6.17 Å². The maximum Gasteiger partial charge on any atom is 0.245 e. The van der Waals surface area contributed by atoms with Crippen LogP contribution in [0.2, 0.25) is 0 Å². The molecule has 11 atom stereocenters. The van der Waals surface area contributed by atoms with Gasteiger partial charge in [-0.05, 0) is 123 Å². The summed E-state index contributed by atoms with van der Waals surface area (Å²) in [5.41, 5.74) is 0.217. The van der Waals surface area contributed by atoms with Gasteiger partial charge in [0.25, 0.3) is 0 Å². The number of terminal acetylenes is 1. The van der Waals surface area contributed by atoms with Gasteiger partial charge < -0.3 is 20.8 Å². The molecule has 0 spiro atoms. The zero-order valence-corrected chi connectivity index (χ0v) is 26.0. The van der Waals surface area contributed by atoms with Crippen molar-refractivity contribution in [2.45, 2.75) is 136 Å². The van der Waals surface area contributed by atoms with Crippen molar-refractivity contribution in [3.8, 4) is 12.3 Å². The fraction of sp³-hybridized carbons (Fsp3) is 0.829. The van der Waals surface area contributed by atoms with Gasteiger partial charge in [-0.1, -0.05) is 40.2 Å². The van der Waals surface area contributed by atoms with E-state index in [-0.39, 0.29) is 41.3 Å². The first-order valence-corrected chi connectivity index (χ1v) is 16.6. The Bertz CT molecular complexity index is 989. The minimum atomic E-state index is -0.552. The summed E-state index contributed by atoms with van der Waals surface area (Å²) in [5, 5.41) is 27.8. The second-order valence-corrected chi connectivity index (χ2v) is 14.5. The number of hydrogen-bond donors (Lipinski definition) is 4. The minimum absolute atomic E-state index is 0.0442. The van der Waals surface area contributed by atoms with Crippen molar-refractivity contribution in [2.24, 2.45) is 46.3 Å². The smallest absolute Gasteiger partial charge is 0.245 e. The number of carbonyl (C=O) groups excluding carboxylic acids is 2. The van der Waals surface area contributed by atoms with Gasteiger partial charge in [0.15, 0.2) is 0 Å². The van der Waals surface area contributed by atoms with Crippen molar-refractivity contribution >= 4 is 11.8 Å². The first-order chi connectivity index (χ1) is 19.5. The number of nitrogens with one attached hydrogen (secondary N) is 2. The Morgan fingerprint density at radius 1 is 1.07 bits per heavy atom. The van der Waals surface area contributed by atoms with E-state index in [1.807, 2.05) is 13.0 Å². The van der Waals surface area contributed by atoms with Gasteiger partial charge in [0, 0.05) is 12.8 Å². The number of rotatable bonds is 11. The SMILES string of the molecule is C#CCC(NC(=O)C=CCC[C@@H](C)[C@H]1CC[C@H]2[C@@H]3CC[C@@H]4C[C@H](O)CC[C@]4(C)[C@H]3CC(O)[C@]12C)NC(=O)CCCC. The van der Waals surface area contributed by atoms with Crippen LogP contribution in [0.5, 0.6) is 0 Å². The molecule has 4 aliphatic rings. The van der Waals surface area contributed by atoms with Crippen LogP contribution in [-0.4, -0.2) is 40.4 Å². The second-order valence-electron chi connectivity index (χ2n) is 14.5. The number of hydrogen-bond acceptors (Lipinski definition) is 4. The lowest BCUT2D eigenvalue weighted by Gasteiger charge is -2.62. The summed E-state index contributed by atoms with van der Waals surface area (Å²) >= 11 is 0. The Morgan fingerprint density at radius 3 is 2.59 bits per heavy atom. The maximum absolute atomic E-state index is 12.5. The first-order valence-electron chi connectivity index (χ1n) is 16.6. The molecule has 2 amide bonds. The molecule has 230 valence electrons. The van der Waals surface area contributed by atoms with Crippen LogP contribution in [0.3, 0.4) is 0 Å². The van der Waals surface area contributed by atoms with Crippen LogP contribution in [0.25, 0.3) is 0 Å². The molecule has 0 aromatic rings. The van der Waals surface area contributed by atoms with Gasteiger partial charge in [0.2, 0.25) is 11.8 Å². The van der Waals surface area contributed by atoms with E-state index in [2.05, 4.69) is 37.3 Å². The molecule has 2 unspecified atom stereocenters. The molecule has 0 radical (unpaired) electrons. The fourth-order valence-electron chi connectivity index (χ4n) is 9.99. The summed E-state index contributed by atoms with van der Waals surface area (Å²) in [4.78, 5) is 24.6. The van der Waals surface area contributed by atoms with E-state index >= 15 is 0 Å². The first kappa shape index (κ1) is 32.1. The lowest BCUT2D eigenvalue weighted by atomic mass is 9.43. The highest BCUT2D eigenvalue weighted by atomic mass is 16.3. The summed E-state index contributed by atoms with van der Waals surface area (Å²) in [6.07, 6.45) is 20.9. The highest BCUT2D eigenvalue weighted by molar-refractivity contribution is 5.88. The third-order valence-corrected chi connectivity index (χ3v) is 12.3. The Balaban J connectivity index is 1.31. The quantitative estimate of drug-likeness (QED) is 0.146. The number of fused-ring (bicyclic) bond motifs is 5. The van der Waals surface area contributed by atoms with Crippen LogP contribution in [0.1, 0.15) is 118 Å². The van der Waals surface area contributed by atoms with Crippen molar-refractivity contribution in [3.63, 3.8) is 0 Å². The third kappa shape index (κ3) is 6.72. The molecule has 0 bridgehead atoms. The Kier molecular flexibility index (Phi) is 10.7. The van der Waals surface area contributed by atoms with Gasteiger partial charge >= 0.3 is 0 Å². The normalized spacial score (nSPS) is 39.6. The predicted octanol–water partition coefficient (Wildman–Crippen LogP) is 5.72. The summed E-state index contributed by atoms with van der Waals surface area (Å²) in [5.74, 6) is 5.60. The fourth-order valence-corrected chi connectivity index (χ4v) is 9.99. The van der Waals surface area contributed by atoms with Crippen molar-refractivity contribution in [1.82, 2.24) is 10.6 Å². The Labute approximate surface area is 248 Å². The number of aliphatic hydroxyl groups is 2. The number of aliphatic hydroxyl groups excluding tert-OH is 2. The number of amides is 2. The van der Waals surface area contributed by atoms with Gasteiger partial charge in [0.05, 0.1) is 12.2 Å². The molecule has 4 rings (SSSR count). The molecule has 41 heavy (non-hydrogen) atoms. The van der Waals surface area contributed by atoms with Crippen LogP contribution < -0.4 is 10.6 Å². The van der Waals surface area contributed by atoms with Crippen LogP contribution >= 0.6 is 0 Å². The van der Waals surface area contributed by atoms with E-state index in [1.54, 1.807) is 6.08 Å². The lowest BCUT2D eigenvalue weighted by molar-refractivity contribution is -0.174. The summed E-state index contributed by atoms with van der Waals surface area (Å²) in [7, 11) is 0.